The van der Waals surface area contributed by atoms with Gasteiger partial charge in [0.2, 0.25) is 0 Å². The molecule has 19 heavy (non-hydrogen) atoms. The van der Waals surface area contributed by atoms with Gasteiger partial charge in [-0.3, -0.25) is 0 Å². The van der Waals surface area contributed by atoms with Gasteiger partial charge in [-0.1, -0.05) is 18.2 Å². The zero-order valence-corrected chi connectivity index (χ0v) is 13.5. The Morgan fingerprint density at radius 3 is 2.42 bits per heavy atom. The number of halogens is 2. The van der Waals surface area contributed by atoms with Crippen LogP contribution in [0.1, 0.15) is 16.7 Å². The molecule has 0 radical (unpaired) electrons. The van der Waals surface area contributed by atoms with Crippen LogP contribution < -0.4 is 5.32 Å². The Morgan fingerprint density at radius 2 is 1.79 bits per heavy atom. The maximum Gasteiger partial charge on any atom is 0.0995 e. The molecule has 0 amide bonds. The molecular weight excluding hydrogens is 368 g/mol. The zero-order valence-electron chi connectivity index (χ0n) is 10.4. The van der Waals surface area contributed by atoms with Crippen molar-refractivity contribution in [2.75, 3.05) is 5.32 Å². The molecule has 0 saturated heterocycles. The van der Waals surface area contributed by atoms with Gasteiger partial charge in [-0.25, -0.2) is 0 Å². The van der Waals surface area contributed by atoms with Gasteiger partial charge in [-0.2, -0.15) is 5.26 Å². The highest BCUT2D eigenvalue weighted by atomic mass is 79.9. The molecule has 1 N–H and O–H groups in total. The van der Waals surface area contributed by atoms with Crippen LogP contribution in [0.3, 0.4) is 0 Å². The summed E-state index contributed by atoms with van der Waals surface area (Å²) in [5.41, 5.74) is 3.87. The second-order valence-electron chi connectivity index (χ2n) is 4.23. The van der Waals surface area contributed by atoms with Crippen molar-refractivity contribution < 1.29 is 0 Å². The third-order valence-corrected chi connectivity index (χ3v) is 4.03. The van der Waals surface area contributed by atoms with E-state index in [-0.39, 0.29) is 0 Å². The SMILES string of the molecule is Cc1cc(Br)c(NCc2ccccc2C#N)c(Br)c1. The van der Waals surface area contributed by atoms with Crippen LogP contribution in [0.5, 0.6) is 0 Å². The van der Waals surface area contributed by atoms with Crippen molar-refractivity contribution in [3.8, 4) is 6.07 Å². The van der Waals surface area contributed by atoms with Gasteiger partial charge in [0.25, 0.3) is 0 Å². The summed E-state index contributed by atoms with van der Waals surface area (Å²) in [5, 5.41) is 12.4. The summed E-state index contributed by atoms with van der Waals surface area (Å²) in [6, 6.07) is 13.9. The molecule has 0 aliphatic carbocycles. The predicted octanol–water partition coefficient (Wildman–Crippen LogP) is 5.00. The molecule has 0 unspecified atom stereocenters. The predicted molar refractivity (Wildman–Crippen MR) is 85.1 cm³/mol. The first-order chi connectivity index (χ1) is 9.11. The molecule has 0 bridgehead atoms. The molecule has 0 saturated carbocycles. The minimum Gasteiger partial charge on any atom is -0.379 e. The summed E-state index contributed by atoms with van der Waals surface area (Å²) >= 11 is 7.10. The molecule has 0 fully saturated rings. The average Bonchev–Trinajstić information content (AvgIpc) is 2.38. The first kappa shape index (κ1) is 14.1. The van der Waals surface area contributed by atoms with Gasteiger partial charge in [0.05, 0.1) is 17.3 Å². The number of nitriles is 1. The fourth-order valence-corrected chi connectivity index (χ4v) is 3.53. The molecule has 2 aromatic rings. The number of nitrogens with one attached hydrogen (secondary N) is 1. The average molecular weight is 380 g/mol. The van der Waals surface area contributed by atoms with Crippen LogP contribution in [0.15, 0.2) is 45.3 Å². The third-order valence-electron chi connectivity index (χ3n) is 2.78. The van der Waals surface area contributed by atoms with E-state index in [0.29, 0.717) is 12.1 Å². The van der Waals surface area contributed by atoms with E-state index in [0.717, 1.165) is 20.2 Å². The van der Waals surface area contributed by atoms with Crippen LogP contribution in [0, 0.1) is 18.3 Å². The molecule has 0 aromatic heterocycles. The standard InChI is InChI=1S/C15H12Br2N2/c1-10-6-13(16)15(14(17)7-10)19-9-12-5-3-2-4-11(12)8-18/h2-7,19H,9H2,1H3. The molecule has 2 rings (SSSR count). The van der Waals surface area contributed by atoms with Crippen molar-refractivity contribution in [3.05, 3.63) is 62.0 Å². The summed E-state index contributed by atoms with van der Waals surface area (Å²) in [7, 11) is 0. The smallest absolute Gasteiger partial charge is 0.0995 e. The molecule has 2 aromatic carbocycles. The Bertz CT molecular complexity index is 622. The monoisotopic (exact) mass is 378 g/mol. The maximum atomic E-state index is 9.06. The molecular formula is C15H12Br2N2. The van der Waals surface area contributed by atoms with E-state index in [2.05, 4.69) is 55.4 Å². The lowest BCUT2D eigenvalue weighted by atomic mass is 10.1. The summed E-state index contributed by atoms with van der Waals surface area (Å²) in [5.74, 6) is 0. The molecule has 2 nitrogen and oxygen atoms in total. The molecule has 0 spiro atoms. The Labute approximate surface area is 129 Å². The summed E-state index contributed by atoms with van der Waals surface area (Å²) < 4.78 is 2.02. The van der Waals surface area contributed by atoms with Gasteiger partial charge in [0.1, 0.15) is 0 Å². The van der Waals surface area contributed by atoms with Crippen molar-refractivity contribution in [1.82, 2.24) is 0 Å². The minimum absolute atomic E-state index is 0.615. The van der Waals surface area contributed by atoms with Crippen LogP contribution in [-0.2, 0) is 6.54 Å². The maximum absolute atomic E-state index is 9.06. The van der Waals surface area contributed by atoms with Crippen molar-refractivity contribution in [2.24, 2.45) is 0 Å². The van der Waals surface area contributed by atoms with Gasteiger partial charge < -0.3 is 5.32 Å². The lowest BCUT2D eigenvalue weighted by molar-refractivity contribution is 1.13. The zero-order chi connectivity index (χ0) is 13.8. The van der Waals surface area contributed by atoms with Crippen LogP contribution in [0.2, 0.25) is 0 Å². The molecule has 0 aliphatic heterocycles. The van der Waals surface area contributed by atoms with Crippen LogP contribution in [-0.4, -0.2) is 0 Å². The highest BCUT2D eigenvalue weighted by molar-refractivity contribution is 9.11. The molecule has 0 heterocycles. The Balaban J connectivity index is 2.22. The van der Waals surface area contributed by atoms with Crippen molar-refractivity contribution >= 4 is 37.5 Å². The molecule has 0 aliphatic rings. The fraction of sp³-hybridized carbons (Fsp3) is 0.133. The van der Waals surface area contributed by atoms with Crippen LogP contribution >= 0.6 is 31.9 Å². The molecule has 96 valence electrons. The van der Waals surface area contributed by atoms with E-state index in [1.54, 1.807) is 0 Å². The topological polar surface area (TPSA) is 35.8 Å². The van der Waals surface area contributed by atoms with Gasteiger partial charge in [0, 0.05) is 15.5 Å². The normalized spacial score (nSPS) is 10.0. The minimum atomic E-state index is 0.615. The number of benzene rings is 2. The van der Waals surface area contributed by atoms with Gasteiger partial charge in [-0.05, 0) is 68.1 Å². The number of hydrogen-bond acceptors (Lipinski definition) is 2. The Kier molecular flexibility index (Phi) is 4.62. The summed E-state index contributed by atoms with van der Waals surface area (Å²) in [6.45, 7) is 2.66. The van der Waals surface area contributed by atoms with Gasteiger partial charge in [-0.15, -0.1) is 0 Å². The Morgan fingerprint density at radius 1 is 1.16 bits per heavy atom. The fourth-order valence-electron chi connectivity index (χ4n) is 1.84. The van der Waals surface area contributed by atoms with Crippen LogP contribution in [0.25, 0.3) is 0 Å². The summed E-state index contributed by atoms with van der Waals surface area (Å²) in [4.78, 5) is 0. The van der Waals surface area contributed by atoms with E-state index in [1.807, 2.05) is 31.2 Å². The van der Waals surface area contributed by atoms with E-state index in [4.69, 9.17) is 5.26 Å². The second kappa shape index (κ2) is 6.23. The van der Waals surface area contributed by atoms with E-state index < -0.39 is 0 Å². The van der Waals surface area contributed by atoms with Crippen molar-refractivity contribution in [2.45, 2.75) is 13.5 Å². The lowest BCUT2D eigenvalue weighted by Crippen LogP contribution is -2.03. The highest BCUT2D eigenvalue weighted by Gasteiger charge is 2.07. The van der Waals surface area contributed by atoms with E-state index in [9.17, 15) is 0 Å². The highest BCUT2D eigenvalue weighted by Crippen LogP contribution is 2.32. The number of anilines is 1. The van der Waals surface area contributed by atoms with Crippen LogP contribution in [0.4, 0.5) is 5.69 Å². The summed E-state index contributed by atoms with van der Waals surface area (Å²) in [6.07, 6.45) is 0. The molecule has 0 atom stereocenters. The number of hydrogen-bond donors (Lipinski definition) is 1. The number of nitrogens with zero attached hydrogens (tertiary/aromatic N) is 1. The van der Waals surface area contributed by atoms with E-state index >= 15 is 0 Å². The van der Waals surface area contributed by atoms with Crippen molar-refractivity contribution in [1.29, 1.82) is 5.26 Å². The van der Waals surface area contributed by atoms with E-state index in [1.165, 1.54) is 5.56 Å². The lowest BCUT2D eigenvalue weighted by Gasteiger charge is -2.12. The number of aryl methyl sites for hydroxylation is 1. The number of rotatable bonds is 3. The first-order valence-corrected chi connectivity index (χ1v) is 7.38. The third kappa shape index (κ3) is 3.37. The second-order valence-corrected chi connectivity index (χ2v) is 5.93. The molecule has 4 heteroatoms. The van der Waals surface area contributed by atoms with Crippen molar-refractivity contribution in [3.63, 3.8) is 0 Å². The Hall–Kier alpha value is -1.31. The largest absolute Gasteiger partial charge is 0.379 e. The quantitative estimate of drug-likeness (QED) is 0.813. The van der Waals surface area contributed by atoms with Gasteiger partial charge >= 0.3 is 0 Å². The first-order valence-electron chi connectivity index (χ1n) is 5.79. The van der Waals surface area contributed by atoms with Gasteiger partial charge in [0.15, 0.2) is 0 Å².